The van der Waals surface area contributed by atoms with Crippen LogP contribution < -0.4 is 20.3 Å². The van der Waals surface area contributed by atoms with E-state index in [1.807, 2.05) is 6.07 Å². The molecule has 3 rings (SSSR count). The third kappa shape index (κ3) is 3.45. The van der Waals surface area contributed by atoms with Gasteiger partial charge in [0.15, 0.2) is 5.95 Å². The predicted octanol–water partition coefficient (Wildman–Crippen LogP) is 0.678. The van der Waals surface area contributed by atoms with Crippen molar-refractivity contribution in [3.8, 4) is 23.5 Å². The van der Waals surface area contributed by atoms with Gasteiger partial charge in [0.1, 0.15) is 29.1 Å². The third-order valence-corrected chi connectivity index (χ3v) is 4.33. The molecule has 29 heavy (non-hydrogen) atoms. The van der Waals surface area contributed by atoms with Crippen LogP contribution in [0.2, 0.25) is 0 Å². The first kappa shape index (κ1) is 19.8. The normalized spacial score (nSPS) is 16.3. The van der Waals surface area contributed by atoms with E-state index in [-0.39, 0.29) is 35.1 Å². The van der Waals surface area contributed by atoms with Gasteiger partial charge in [0.2, 0.25) is 11.6 Å². The zero-order valence-electron chi connectivity index (χ0n) is 16.0. The van der Waals surface area contributed by atoms with Crippen molar-refractivity contribution >= 4 is 5.97 Å². The number of carbonyl (C=O) groups excluding carboxylic acids is 1. The van der Waals surface area contributed by atoms with Crippen LogP contribution in [0.1, 0.15) is 25.5 Å². The number of hydrogen-bond donors (Lipinski definition) is 1. The minimum Gasteiger partial charge on any atom is -0.539 e. The van der Waals surface area contributed by atoms with Gasteiger partial charge in [-0.05, 0) is 30.7 Å². The standard InChI is InChI=1S/C19H18N4O6/c1-4-27-18(24)14-10(2)28-17(21)13(9-20)15(14)16-19(25)29-22-23(16)11-5-7-12(26-3)8-6-11/h5-8,15H,4,21H2,1-3H3. The highest BCUT2D eigenvalue weighted by molar-refractivity contribution is 5.92. The van der Waals surface area contributed by atoms with Crippen LogP contribution >= 0.6 is 0 Å². The Morgan fingerprint density at radius 3 is 2.69 bits per heavy atom. The number of hydrogen-bond acceptors (Lipinski definition) is 9. The number of benzene rings is 1. The topological polar surface area (TPSA) is 148 Å². The van der Waals surface area contributed by atoms with Crippen LogP contribution in [0.5, 0.6) is 11.7 Å². The Balaban J connectivity index is 2.22. The first-order valence-corrected chi connectivity index (χ1v) is 8.61. The molecule has 1 unspecified atom stereocenters. The summed E-state index contributed by atoms with van der Waals surface area (Å²) in [6.07, 6.45) is 0. The molecule has 0 radical (unpaired) electrons. The highest BCUT2D eigenvalue weighted by Crippen LogP contribution is 2.40. The van der Waals surface area contributed by atoms with Gasteiger partial charge in [0, 0.05) is 12.1 Å². The number of esters is 1. The molecule has 1 aliphatic heterocycles. The van der Waals surface area contributed by atoms with E-state index < -0.39 is 17.8 Å². The van der Waals surface area contributed by atoms with Gasteiger partial charge in [-0.3, -0.25) is 0 Å². The fourth-order valence-electron chi connectivity index (χ4n) is 3.03. The second kappa shape index (κ2) is 7.93. The molecule has 0 spiro atoms. The Kier molecular flexibility index (Phi) is 5.40. The minimum absolute atomic E-state index is 0.0276. The molecule has 0 fully saturated rings. The largest absolute Gasteiger partial charge is 0.539 e. The first-order valence-electron chi connectivity index (χ1n) is 8.61. The molecule has 1 aromatic carbocycles. The number of nitriles is 1. The lowest BCUT2D eigenvalue weighted by molar-refractivity contribution is -0.678. The van der Waals surface area contributed by atoms with Crippen molar-refractivity contribution in [1.82, 2.24) is 5.27 Å². The van der Waals surface area contributed by atoms with Crippen LogP contribution in [0.15, 0.2) is 51.6 Å². The monoisotopic (exact) mass is 398 g/mol. The molecule has 0 amide bonds. The zero-order chi connectivity index (χ0) is 21.1. The van der Waals surface area contributed by atoms with Crippen molar-refractivity contribution in [2.45, 2.75) is 19.8 Å². The minimum atomic E-state index is -1.17. The van der Waals surface area contributed by atoms with Gasteiger partial charge in [-0.2, -0.15) is 5.26 Å². The molecule has 2 heterocycles. The van der Waals surface area contributed by atoms with Crippen LogP contribution in [-0.2, 0) is 14.3 Å². The summed E-state index contributed by atoms with van der Waals surface area (Å²) in [5.74, 6) is -2.25. The molecule has 10 heteroatoms. The van der Waals surface area contributed by atoms with E-state index in [1.165, 1.54) is 18.7 Å². The Labute approximate surface area is 166 Å². The van der Waals surface area contributed by atoms with Crippen molar-refractivity contribution in [3.05, 3.63) is 52.7 Å². The van der Waals surface area contributed by atoms with Gasteiger partial charge < -0.3 is 29.6 Å². The quantitative estimate of drug-likeness (QED) is 0.567. The molecule has 1 atom stereocenters. The maximum Gasteiger partial charge on any atom is 0.338 e. The van der Waals surface area contributed by atoms with Crippen LogP contribution in [0.4, 0.5) is 0 Å². The van der Waals surface area contributed by atoms with Crippen LogP contribution in [-0.4, -0.2) is 25.0 Å². The van der Waals surface area contributed by atoms with Gasteiger partial charge in [0.25, 0.3) is 5.69 Å². The number of allylic oxidation sites excluding steroid dienone is 2. The molecule has 10 nitrogen and oxygen atoms in total. The fraction of sp³-hybridized carbons (Fsp3) is 0.263. The van der Waals surface area contributed by atoms with E-state index in [2.05, 4.69) is 5.27 Å². The molecule has 2 aromatic rings. The van der Waals surface area contributed by atoms with Gasteiger partial charge in [0.05, 0.1) is 24.6 Å². The second-order valence-corrected chi connectivity index (χ2v) is 5.97. The Bertz CT molecular complexity index is 1050. The number of aromatic nitrogens is 2. The first-order chi connectivity index (χ1) is 13.9. The fourth-order valence-corrected chi connectivity index (χ4v) is 3.03. The van der Waals surface area contributed by atoms with E-state index in [4.69, 9.17) is 24.5 Å². The highest BCUT2D eigenvalue weighted by Gasteiger charge is 2.44. The van der Waals surface area contributed by atoms with Crippen molar-refractivity contribution < 1.29 is 33.3 Å². The van der Waals surface area contributed by atoms with E-state index in [0.717, 1.165) is 0 Å². The van der Waals surface area contributed by atoms with Crippen molar-refractivity contribution in [3.63, 3.8) is 0 Å². The zero-order valence-corrected chi connectivity index (χ0v) is 16.0. The summed E-state index contributed by atoms with van der Waals surface area (Å²) in [4.78, 5) is 12.6. The van der Waals surface area contributed by atoms with Crippen LogP contribution in [0.3, 0.4) is 0 Å². The summed E-state index contributed by atoms with van der Waals surface area (Å²) in [6.45, 7) is 3.23. The summed E-state index contributed by atoms with van der Waals surface area (Å²) in [5, 5.41) is 26.0. The van der Waals surface area contributed by atoms with Gasteiger partial charge in [-0.15, -0.1) is 0 Å². The number of ether oxygens (including phenoxy) is 3. The lowest BCUT2D eigenvalue weighted by Gasteiger charge is -2.24. The summed E-state index contributed by atoms with van der Waals surface area (Å²) in [5.41, 5.74) is 6.08. The molecule has 0 saturated carbocycles. The van der Waals surface area contributed by atoms with Gasteiger partial charge >= 0.3 is 5.97 Å². The van der Waals surface area contributed by atoms with E-state index >= 15 is 0 Å². The molecule has 0 bridgehead atoms. The smallest absolute Gasteiger partial charge is 0.338 e. The molecule has 0 saturated heterocycles. The number of methoxy groups -OCH3 is 1. The lowest BCUT2D eigenvalue weighted by Crippen LogP contribution is -2.40. The maximum absolute atomic E-state index is 12.6. The molecule has 1 aromatic heterocycles. The highest BCUT2D eigenvalue weighted by atomic mass is 16.6. The summed E-state index contributed by atoms with van der Waals surface area (Å²) in [7, 11) is 1.52. The second-order valence-electron chi connectivity index (χ2n) is 5.97. The maximum atomic E-state index is 12.6. The van der Waals surface area contributed by atoms with Crippen LogP contribution in [0, 0.1) is 11.3 Å². The van der Waals surface area contributed by atoms with Gasteiger partial charge in [-0.1, -0.05) is 0 Å². The van der Waals surface area contributed by atoms with Gasteiger partial charge in [-0.25, -0.2) is 4.79 Å². The average molecular weight is 398 g/mol. The molecular weight excluding hydrogens is 380 g/mol. The number of rotatable bonds is 5. The summed E-state index contributed by atoms with van der Waals surface area (Å²) < 4.78 is 21.6. The third-order valence-electron chi connectivity index (χ3n) is 4.33. The molecule has 1 aliphatic rings. The average Bonchev–Trinajstić information content (AvgIpc) is 3.08. The SMILES string of the molecule is CCOC(=O)C1=C(C)OC(N)=C(C#N)C1c1c([O-])on[n+]1-c1ccc(OC)cc1. The number of nitrogens with two attached hydrogens (primary N) is 1. The summed E-state index contributed by atoms with van der Waals surface area (Å²) >= 11 is 0. The molecule has 0 aliphatic carbocycles. The molecule has 150 valence electrons. The predicted molar refractivity (Wildman–Crippen MR) is 94.0 cm³/mol. The Morgan fingerprint density at radius 1 is 1.41 bits per heavy atom. The molecular formula is C19H18N4O6. The van der Waals surface area contributed by atoms with Crippen LogP contribution in [0.25, 0.3) is 5.69 Å². The number of nitrogens with zero attached hydrogens (tertiary/aromatic N) is 3. The number of carbonyl (C=O) groups is 1. The van der Waals surface area contributed by atoms with E-state index in [9.17, 15) is 15.2 Å². The van der Waals surface area contributed by atoms with E-state index in [1.54, 1.807) is 31.2 Å². The Hall–Kier alpha value is -4.00. The Morgan fingerprint density at radius 2 is 2.10 bits per heavy atom. The van der Waals surface area contributed by atoms with Crippen molar-refractivity contribution in [1.29, 1.82) is 5.26 Å². The van der Waals surface area contributed by atoms with Crippen molar-refractivity contribution in [2.75, 3.05) is 13.7 Å². The van der Waals surface area contributed by atoms with Crippen molar-refractivity contribution in [2.24, 2.45) is 5.73 Å². The van der Waals surface area contributed by atoms with E-state index in [0.29, 0.717) is 11.4 Å². The summed E-state index contributed by atoms with van der Waals surface area (Å²) in [6, 6.07) is 8.52. The molecule has 2 N–H and O–H groups in total. The lowest BCUT2D eigenvalue weighted by atomic mass is 9.86.